The van der Waals surface area contributed by atoms with Gasteiger partial charge in [0.05, 0.1) is 23.2 Å². The number of anilines is 2. The zero-order valence-corrected chi connectivity index (χ0v) is 22.7. The average molecular weight is 559 g/mol. The Morgan fingerprint density at radius 2 is 1.65 bits per heavy atom. The van der Waals surface area contributed by atoms with Crippen molar-refractivity contribution in [2.24, 2.45) is 11.7 Å². The Balaban J connectivity index is 0.00000190. The molecule has 37 heavy (non-hydrogen) atoms. The molecule has 3 heterocycles. The number of nitrogens with one attached hydrogen (secondary N) is 1. The second kappa shape index (κ2) is 12.5. The quantitative estimate of drug-likeness (QED) is 0.433. The standard InChI is InChI=1S/C25H33F2N7O.2ClH/c1-15-13-33(14-16(2)35-15)21-11-22(32-25(31-21)29-12-17-7-9-18(28)10-8-17)34-20-6-4-3-5-19(20)30-24(34)23(26)27;;/h3-6,11,15-18,23H,7-10,12-14,28H2,1-2H3,(H,29,31,32);2*1H/t15-,16+,17-,18-;;. The highest BCUT2D eigenvalue weighted by atomic mass is 35.5. The van der Waals surface area contributed by atoms with Crippen molar-refractivity contribution in [3.8, 4) is 5.82 Å². The van der Waals surface area contributed by atoms with Crippen LogP contribution in [0.1, 0.15) is 51.8 Å². The molecule has 1 aromatic carbocycles. The summed E-state index contributed by atoms with van der Waals surface area (Å²) in [5.74, 6) is 1.64. The number of imidazole rings is 1. The number of ether oxygens (including phenoxy) is 1. The number of morpholine rings is 1. The summed E-state index contributed by atoms with van der Waals surface area (Å²) in [7, 11) is 0. The summed E-state index contributed by atoms with van der Waals surface area (Å²) in [5, 5.41) is 3.39. The van der Waals surface area contributed by atoms with Gasteiger partial charge in [0.1, 0.15) is 11.6 Å². The Bertz CT molecular complexity index is 1160. The van der Waals surface area contributed by atoms with Gasteiger partial charge in [-0.25, -0.2) is 13.8 Å². The summed E-state index contributed by atoms with van der Waals surface area (Å²) < 4.78 is 35.4. The highest BCUT2D eigenvalue weighted by Gasteiger charge is 2.27. The fraction of sp³-hybridized carbons (Fsp3) is 0.560. The van der Waals surface area contributed by atoms with Crippen molar-refractivity contribution < 1.29 is 13.5 Å². The highest BCUT2D eigenvalue weighted by molar-refractivity contribution is 5.85. The SMILES string of the molecule is C[C@@H]1CN(c2cc(-n3c(C(F)F)nc4ccccc43)nc(NC[C@H]3CC[C@H](N)CC3)n2)C[C@H](C)O1.Cl.Cl. The molecular formula is C25H35Cl2F2N7O. The topological polar surface area (TPSA) is 94.1 Å². The van der Waals surface area contributed by atoms with Crippen LogP contribution in [0, 0.1) is 5.92 Å². The molecule has 1 saturated heterocycles. The molecule has 1 aliphatic heterocycles. The van der Waals surface area contributed by atoms with Crippen LogP contribution in [-0.2, 0) is 4.74 Å². The molecule has 2 aliphatic rings. The molecule has 0 bridgehead atoms. The largest absolute Gasteiger partial charge is 0.372 e. The molecule has 0 radical (unpaired) electrons. The lowest BCUT2D eigenvalue weighted by molar-refractivity contribution is -0.00546. The molecule has 1 saturated carbocycles. The van der Waals surface area contributed by atoms with Gasteiger partial charge in [-0.2, -0.15) is 9.97 Å². The Kier molecular flexibility index (Phi) is 9.91. The van der Waals surface area contributed by atoms with Crippen LogP contribution < -0.4 is 16.0 Å². The zero-order valence-electron chi connectivity index (χ0n) is 21.0. The Morgan fingerprint density at radius 3 is 2.32 bits per heavy atom. The monoisotopic (exact) mass is 557 g/mol. The molecule has 5 rings (SSSR count). The number of para-hydroxylation sites is 2. The number of nitrogens with two attached hydrogens (primary N) is 1. The molecule has 12 heteroatoms. The van der Waals surface area contributed by atoms with Crippen LogP contribution in [0.2, 0.25) is 0 Å². The van der Waals surface area contributed by atoms with Gasteiger partial charge in [-0.15, -0.1) is 24.8 Å². The Hall–Kier alpha value is -2.27. The molecule has 8 nitrogen and oxygen atoms in total. The Morgan fingerprint density at radius 1 is 1.00 bits per heavy atom. The van der Waals surface area contributed by atoms with Crippen molar-refractivity contribution >= 4 is 47.6 Å². The molecule has 3 aromatic rings. The molecule has 3 N–H and O–H groups in total. The molecule has 0 amide bonds. The van der Waals surface area contributed by atoms with Crippen molar-refractivity contribution in [2.45, 2.75) is 64.2 Å². The van der Waals surface area contributed by atoms with Gasteiger partial charge in [-0.05, 0) is 57.6 Å². The molecule has 1 aliphatic carbocycles. The van der Waals surface area contributed by atoms with Crippen LogP contribution >= 0.6 is 24.8 Å². The maximum absolute atomic E-state index is 14.1. The molecular weight excluding hydrogens is 523 g/mol. The fourth-order valence-corrected chi connectivity index (χ4v) is 5.20. The number of nitrogens with zero attached hydrogens (tertiary/aromatic N) is 5. The van der Waals surface area contributed by atoms with E-state index >= 15 is 0 Å². The first-order chi connectivity index (χ1) is 16.9. The molecule has 2 atom stereocenters. The van der Waals surface area contributed by atoms with Gasteiger partial charge in [-0.1, -0.05) is 12.1 Å². The number of fused-ring (bicyclic) bond motifs is 1. The number of alkyl halides is 2. The summed E-state index contributed by atoms with van der Waals surface area (Å²) in [4.78, 5) is 15.8. The van der Waals surface area contributed by atoms with Crippen molar-refractivity contribution in [3.05, 3.63) is 36.2 Å². The molecule has 0 spiro atoms. The predicted molar refractivity (Wildman–Crippen MR) is 147 cm³/mol. The second-order valence-electron chi connectivity index (χ2n) is 9.83. The minimum atomic E-state index is -2.74. The summed E-state index contributed by atoms with van der Waals surface area (Å²) in [5.41, 5.74) is 7.15. The maximum Gasteiger partial charge on any atom is 0.296 e. The van der Waals surface area contributed by atoms with Gasteiger partial charge in [-0.3, -0.25) is 4.57 Å². The number of hydrogen-bond acceptors (Lipinski definition) is 7. The first-order valence-electron chi connectivity index (χ1n) is 12.4. The summed E-state index contributed by atoms with van der Waals surface area (Å²) in [6.45, 7) is 6.09. The van der Waals surface area contributed by atoms with E-state index in [0.717, 1.165) is 32.2 Å². The van der Waals surface area contributed by atoms with Crippen LogP contribution in [0.4, 0.5) is 20.5 Å². The molecule has 204 valence electrons. The van der Waals surface area contributed by atoms with Crippen LogP contribution in [-0.4, -0.2) is 57.4 Å². The first kappa shape index (κ1) is 29.3. The summed E-state index contributed by atoms with van der Waals surface area (Å²) >= 11 is 0. The van der Waals surface area contributed by atoms with Gasteiger partial charge in [0, 0.05) is 31.7 Å². The van der Waals surface area contributed by atoms with Gasteiger partial charge < -0.3 is 20.7 Å². The predicted octanol–water partition coefficient (Wildman–Crippen LogP) is 5.14. The van der Waals surface area contributed by atoms with Crippen LogP contribution in [0.15, 0.2) is 30.3 Å². The molecule has 2 aromatic heterocycles. The lowest BCUT2D eigenvalue weighted by Gasteiger charge is -2.36. The van der Waals surface area contributed by atoms with E-state index in [-0.39, 0.29) is 48.9 Å². The smallest absolute Gasteiger partial charge is 0.296 e. The van der Waals surface area contributed by atoms with E-state index in [1.54, 1.807) is 24.3 Å². The third kappa shape index (κ3) is 6.60. The summed E-state index contributed by atoms with van der Waals surface area (Å²) in [6.07, 6.45) is 1.47. The van der Waals surface area contributed by atoms with Gasteiger partial charge >= 0.3 is 0 Å². The Labute approximate surface area is 228 Å². The number of benzene rings is 1. The van der Waals surface area contributed by atoms with Crippen LogP contribution in [0.25, 0.3) is 16.9 Å². The van der Waals surface area contributed by atoms with Crippen molar-refractivity contribution in [2.75, 3.05) is 29.9 Å². The lowest BCUT2D eigenvalue weighted by atomic mass is 9.86. The molecule has 2 fully saturated rings. The third-order valence-corrected chi connectivity index (χ3v) is 6.89. The molecule has 0 unspecified atom stereocenters. The number of rotatable bonds is 6. The van der Waals surface area contributed by atoms with E-state index in [4.69, 9.17) is 15.5 Å². The normalized spacial score (nSPS) is 24.0. The van der Waals surface area contributed by atoms with Crippen molar-refractivity contribution in [1.29, 1.82) is 0 Å². The van der Waals surface area contributed by atoms with Crippen molar-refractivity contribution in [3.63, 3.8) is 0 Å². The lowest BCUT2D eigenvalue weighted by Crippen LogP contribution is -2.46. The second-order valence-corrected chi connectivity index (χ2v) is 9.83. The van der Waals surface area contributed by atoms with Gasteiger partial charge in [0.15, 0.2) is 5.82 Å². The van der Waals surface area contributed by atoms with Gasteiger partial charge in [0.2, 0.25) is 5.95 Å². The maximum atomic E-state index is 14.1. The third-order valence-electron chi connectivity index (χ3n) is 6.89. The minimum absolute atomic E-state index is 0. The number of halogens is 4. The van der Waals surface area contributed by atoms with Crippen LogP contribution in [0.5, 0.6) is 0 Å². The van der Waals surface area contributed by atoms with E-state index in [9.17, 15) is 8.78 Å². The van der Waals surface area contributed by atoms with E-state index in [1.165, 1.54) is 4.57 Å². The highest BCUT2D eigenvalue weighted by Crippen LogP contribution is 2.30. The summed E-state index contributed by atoms with van der Waals surface area (Å²) in [6, 6.07) is 9.18. The van der Waals surface area contributed by atoms with E-state index in [2.05, 4.69) is 20.2 Å². The van der Waals surface area contributed by atoms with E-state index < -0.39 is 6.43 Å². The zero-order chi connectivity index (χ0) is 24.5. The minimum Gasteiger partial charge on any atom is -0.372 e. The van der Waals surface area contributed by atoms with Crippen molar-refractivity contribution in [1.82, 2.24) is 19.5 Å². The number of aromatic nitrogens is 4. The first-order valence-corrected chi connectivity index (χ1v) is 12.4. The fourth-order valence-electron chi connectivity index (χ4n) is 5.20. The average Bonchev–Trinajstić information content (AvgIpc) is 3.23. The van der Waals surface area contributed by atoms with E-state index in [1.807, 2.05) is 19.9 Å². The van der Waals surface area contributed by atoms with E-state index in [0.29, 0.717) is 47.6 Å². The van der Waals surface area contributed by atoms with Crippen LogP contribution in [0.3, 0.4) is 0 Å². The van der Waals surface area contributed by atoms with Gasteiger partial charge in [0.25, 0.3) is 6.43 Å². The number of hydrogen-bond donors (Lipinski definition) is 2.